The number of rotatable bonds is 4. The van der Waals surface area contributed by atoms with Gasteiger partial charge in [-0.25, -0.2) is 0 Å². The standard InChI is InChI=1S/C12H26NPS/c1-10(2)14(15,11(3)4)9-8-13-12(5,6)7/h8-11,13H,1-7H3/b9-8+. The van der Waals surface area contributed by atoms with E-state index in [1.807, 2.05) is 0 Å². The average Bonchev–Trinajstić information content (AvgIpc) is 2.00. The smallest absolute Gasteiger partial charge is 0.0283 e. The van der Waals surface area contributed by atoms with Gasteiger partial charge in [0.25, 0.3) is 0 Å². The summed E-state index contributed by atoms with van der Waals surface area (Å²) in [6.45, 7) is 15.4. The molecule has 0 spiro atoms. The molecule has 0 aromatic rings. The zero-order valence-electron chi connectivity index (χ0n) is 11.2. The van der Waals surface area contributed by atoms with Crippen LogP contribution in [0.15, 0.2) is 12.0 Å². The largest absolute Gasteiger partial charge is 0.386 e. The van der Waals surface area contributed by atoms with Gasteiger partial charge in [-0.15, -0.1) is 0 Å². The molecule has 1 nitrogen and oxygen atoms in total. The minimum Gasteiger partial charge on any atom is -0.386 e. The molecule has 0 fully saturated rings. The molecule has 0 unspecified atom stereocenters. The van der Waals surface area contributed by atoms with Gasteiger partial charge >= 0.3 is 0 Å². The van der Waals surface area contributed by atoms with Crippen LogP contribution in [0.1, 0.15) is 48.5 Å². The molecule has 15 heavy (non-hydrogen) atoms. The van der Waals surface area contributed by atoms with Gasteiger partial charge in [-0.05, 0) is 50.1 Å². The molecule has 0 heterocycles. The van der Waals surface area contributed by atoms with E-state index in [9.17, 15) is 0 Å². The van der Waals surface area contributed by atoms with Crippen LogP contribution in [0.25, 0.3) is 0 Å². The van der Waals surface area contributed by atoms with Crippen molar-refractivity contribution in [3.05, 3.63) is 12.0 Å². The maximum absolute atomic E-state index is 5.82. The first-order chi connectivity index (χ1) is 6.59. The quantitative estimate of drug-likeness (QED) is 0.749. The fourth-order valence-electron chi connectivity index (χ4n) is 1.34. The van der Waals surface area contributed by atoms with Crippen LogP contribution in [-0.2, 0) is 11.8 Å². The number of nitrogens with one attached hydrogen (secondary N) is 1. The lowest BCUT2D eigenvalue weighted by atomic mass is 10.1. The molecule has 0 amide bonds. The van der Waals surface area contributed by atoms with Crippen molar-refractivity contribution in [2.75, 3.05) is 0 Å². The normalized spacial score (nSPS) is 14.2. The first-order valence-corrected chi connectivity index (χ1v) is 8.65. The highest BCUT2D eigenvalue weighted by atomic mass is 32.4. The lowest BCUT2D eigenvalue weighted by Gasteiger charge is -2.27. The molecule has 0 atom stereocenters. The Kier molecular flexibility index (Phi) is 5.57. The van der Waals surface area contributed by atoms with Crippen molar-refractivity contribution in [3.8, 4) is 0 Å². The Morgan fingerprint density at radius 3 is 1.73 bits per heavy atom. The van der Waals surface area contributed by atoms with E-state index in [0.717, 1.165) is 0 Å². The van der Waals surface area contributed by atoms with Crippen molar-refractivity contribution in [1.82, 2.24) is 5.32 Å². The second-order valence-corrected chi connectivity index (χ2v) is 11.4. The van der Waals surface area contributed by atoms with Crippen LogP contribution in [0.4, 0.5) is 0 Å². The third kappa shape index (κ3) is 5.17. The van der Waals surface area contributed by atoms with Gasteiger partial charge in [-0.1, -0.05) is 39.5 Å². The van der Waals surface area contributed by atoms with Crippen molar-refractivity contribution >= 4 is 17.8 Å². The van der Waals surface area contributed by atoms with Crippen LogP contribution in [0.3, 0.4) is 0 Å². The van der Waals surface area contributed by atoms with Gasteiger partial charge in [0, 0.05) is 5.54 Å². The molecule has 0 aromatic carbocycles. The molecule has 0 radical (unpaired) electrons. The summed E-state index contributed by atoms with van der Waals surface area (Å²) >= 11 is 5.82. The monoisotopic (exact) mass is 247 g/mol. The summed E-state index contributed by atoms with van der Waals surface area (Å²) in [6.07, 6.45) is 2.07. The molecule has 0 bridgehead atoms. The predicted octanol–water partition coefficient (Wildman–Crippen LogP) is 4.14. The summed E-state index contributed by atoms with van der Waals surface area (Å²) in [6, 6.07) is -1.36. The highest BCUT2D eigenvalue weighted by Gasteiger charge is 2.22. The van der Waals surface area contributed by atoms with Crippen LogP contribution >= 0.6 is 6.04 Å². The second-order valence-electron chi connectivity index (χ2n) is 5.66. The highest BCUT2D eigenvalue weighted by Crippen LogP contribution is 2.56. The van der Waals surface area contributed by atoms with E-state index in [-0.39, 0.29) is 5.54 Å². The van der Waals surface area contributed by atoms with Gasteiger partial charge in [-0.3, -0.25) is 0 Å². The molecule has 0 saturated heterocycles. The molecule has 0 aromatic heterocycles. The SMILES string of the molecule is CC(C)P(=S)(/C=C/NC(C)(C)C)C(C)C. The molecule has 90 valence electrons. The Morgan fingerprint density at radius 2 is 1.47 bits per heavy atom. The molecule has 3 heteroatoms. The topological polar surface area (TPSA) is 12.0 Å². The molecule has 0 saturated carbocycles. The van der Waals surface area contributed by atoms with Crippen LogP contribution < -0.4 is 5.32 Å². The van der Waals surface area contributed by atoms with E-state index >= 15 is 0 Å². The van der Waals surface area contributed by atoms with Gasteiger partial charge in [0.15, 0.2) is 0 Å². The number of hydrogen-bond donors (Lipinski definition) is 1. The maximum atomic E-state index is 5.82. The van der Waals surface area contributed by atoms with Crippen molar-refractivity contribution in [1.29, 1.82) is 0 Å². The van der Waals surface area contributed by atoms with E-state index < -0.39 is 6.04 Å². The fourth-order valence-corrected chi connectivity index (χ4v) is 3.72. The van der Waals surface area contributed by atoms with E-state index in [2.05, 4.69) is 65.8 Å². The van der Waals surface area contributed by atoms with Gasteiger partial charge in [0.1, 0.15) is 0 Å². The molecule has 0 rings (SSSR count). The Hall–Kier alpha value is 0.190. The fraction of sp³-hybridized carbons (Fsp3) is 0.833. The lowest BCUT2D eigenvalue weighted by Crippen LogP contribution is -2.31. The third-order valence-electron chi connectivity index (χ3n) is 2.44. The van der Waals surface area contributed by atoms with E-state index in [4.69, 9.17) is 11.8 Å². The van der Waals surface area contributed by atoms with Crippen molar-refractivity contribution in [3.63, 3.8) is 0 Å². The van der Waals surface area contributed by atoms with Gasteiger partial charge in [0.05, 0.1) is 0 Å². The number of hydrogen-bond acceptors (Lipinski definition) is 2. The Bertz CT molecular complexity index is 249. The van der Waals surface area contributed by atoms with E-state index in [1.54, 1.807) is 0 Å². The second kappa shape index (κ2) is 5.50. The van der Waals surface area contributed by atoms with Crippen LogP contribution in [0, 0.1) is 0 Å². The van der Waals surface area contributed by atoms with E-state index in [1.165, 1.54) is 0 Å². The van der Waals surface area contributed by atoms with Crippen LogP contribution in [0.5, 0.6) is 0 Å². The first-order valence-electron chi connectivity index (χ1n) is 5.64. The lowest BCUT2D eigenvalue weighted by molar-refractivity contribution is 0.491. The molecule has 0 aliphatic heterocycles. The minimum absolute atomic E-state index is 0.130. The zero-order chi connectivity index (χ0) is 12.3. The summed E-state index contributed by atoms with van der Waals surface area (Å²) in [5.41, 5.74) is 1.31. The molecule has 0 aliphatic rings. The summed E-state index contributed by atoms with van der Waals surface area (Å²) in [7, 11) is 0. The summed E-state index contributed by atoms with van der Waals surface area (Å²) in [4.78, 5) is 0. The van der Waals surface area contributed by atoms with Gasteiger partial charge in [-0.2, -0.15) is 0 Å². The average molecular weight is 247 g/mol. The summed E-state index contributed by atoms with van der Waals surface area (Å²) < 4.78 is 0. The Labute approximate surface area is 101 Å². The predicted molar refractivity (Wildman–Crippen MR) is 76.6 cm³/mol. The molecular formula is C12H26NPS. The minimum atomic E-state index is -1.36. The first kappa shape index (κ1) is 15.2. The molecule has 0 aliphatic carbocycles. The van der Waals surface area contributed by atoms with Gasteiger partial charge < -0.3 is 5.32 Å². The van der Waals surface area contributed by atoms with Crippen LogP contribution in [-0.4, -0.2) is 16.9 Å². The van der Waals surface area contributed by atoms with Crippen molar-refractivity contribution < 1.29 is 0 Å². The summed E-state index contributed by atoms with van der Waals surface area (Å²) in [5, 5.41) is 3.37. The molecular weight excluding hydrogens is 221 g/mol. The van der Waals surface area contributed by atoms with E-state index in [0.29, 0.717) is 11.3 Å². The maximum Gasteiger partial charge on any atom is 0.0283 e. The van der Waals surface area contributed by atoms with Gasteiger partial charge in [0.2, 0.25) is 0 Å². The zero-order valence-corrected chi connectivity index (χ0v) is 12.9. The third-order valence-corrected chi connectivity index (χ3v) is 9.18. The molecule has 1 N–H and O–H groups in total. The highest BCUT2D eigenvalue weighted by molar-refractivity contribution is 8.16. The van der Waals surface area contributed by atoms with Crippen molar-refractivity contribution in [2.24, 2.45) is 0 Å². The summed E-state index contributed by atoms with van der Waals surface area (Å²) in [5.74, 6) is 2.25. The van der Waals surface area contributed by atoms with Crippen LogP contribution in [0.2, 0.25) is 0 Å². The Balaban J connectivity index is 4.65. The Morgan fingerprint density at radius 1 is 1.07 bits per heavy atom. The van der Waals surface area contributed by atoms with Crippen molar-refractivity contribution in [2.45, 2.75) is 65.3 Å².